The van der Waals surface area contributed by atoms with E-state index in [1.54, 1.807) is 13.0 Å². The van der Waals surface area contributed by atoms with Gasteiger partial charge in [-0.25, -0.2) is 9.38 Å². The maximum atomic E-state index is 13.1. The van der Waals surface area contributed by atoms with Gasteiger partial charge in [-0.2, -0.15) is 0 Å². The molecule has 0 radical (unpaired) electrons. The Morgan fingerprint density at radius 2 is 2.33 bits per heavy atom. The van der Waals surface area contributed by atoms with Gasteiger partial charge >= 0.3 is 0 Å². The Hall–Kier alpha value is -1.38. The Morgan fingerprint density at radius 3 is 3.17 bits per heavy atom. The summed E-state index contributed by atoms with van der Waals surface area (Å²) in [6.07, 6.45) is 0. The Labute approximate surface area is 69.7 Å². The summed E-state index contributed by atoms with van der Waals surface area (Å²) in [5.41, 5.74) is 1.22. The largest absolute Gasteiger partial charge is 0.476 e. The molecule has 1 aliphatic rings. The predicted octanol–water partition coefficient (Wildman–Crippen LogP) is 2.41. The second-order valence-corrected chi connectivity index (χ2v) is 2.67. The molecule has 12 heavy (non-hydrogen) atoms. The summed E-state index contributed by atoms with van der Waals surface area (Å²) in [5.74, 6) is 0.239. The fraction of sp³-hybridized carbons (Fsp3) is 0.222. The normalized spacial score (nSPS) is 14.7. The summed E-state index contributed by atoms with van der Waals surface area (Å²) < 4.78 is 18.2. The van der Waals surface area contributed by atoms with Gasteiger partial charge in [0.05, 0.1) is 0 Å². The number of hydrogen-bond acceptors (Lipinski definition) is 2. The van der Waals surface area contributed by atoms with Crippen LogP contribution in [-0.2, 0) is 11.3 Å². The quantitative estimate of drug-likeness (QED) is 0.578. The highest BCUT2D eigenvalue weighted by atomic mass is 19.1. The fourth-order valence-electron chi connectivity index (χ4n) is 1.17. The number of hydrogen-bond donors (Lipinski definition) is 0. The van der Waals surface area contributed by atoms with Crippen molar-refractivity contribution in [3.05, 3.63) is 29.6 Å². The van der Waals surface area contributed by atoms with E-state index in [2.05, 4.69) is 4.99 Å². The molecule has 1 heterocycles. The Balaban J connectivity index is 2.59. The minimum absolute atomic E-state index is 0.282. The van der Waals surface area contributed by atoms with Crippen LogP contribution in [0.25, 0.3) is 0 Å². The second-order valence-electron chi connectivity index (χ2n) is 2.67. The lowest BCUT2D eigenvalue weighted by molar-refractivity contribution is 0.283. The Morgan fingerprint density at radius 1 is 1.50 bits per heavy atom. The third-order valence-corrected chi connectivity index (χ3v) is 1.78. The monoisotopic (exact) mass is 165 g/mol. The van der Waals surface area contributed by atoms with Crippen molar-refractivity contribution in [1.29, 1.82) is 0 Å². The van der Waals surface area contributed by atoms with E-state index in [-0.39, 0.29) is 5.82 Å². The van der Waals surface area contributed by atoms with Gasteiger partial charge in [-0.1, -0.05) is 12.1 Å². The van der Waals surface area contributed by atoms with E-state index in [4.69, 9.17) is 4.74 Å². The molecule has 0 N–H and O–H groups in total. The molecule has 0 aromatic heterocycles. The number of ether oxygens (including phenoxy) is 1. The number of rotatable bonds is 0. The molecule has 0 saturated heterocycles. The average molecular weight is 165 g/mol. The van der Waals surface area contributed by atoms with Gasteiger partial charge in [-0.3, -0.25) is 0 Å². The van der Waals surface area contributed by atoms with E-state index >= 15 is 0 Å². The van der Waals surface area contributed by atoms with Gasteiger partial charge in [-0.05, 0) is 6.07 Å². The number of benzene rings is 1. The zero-order chi connectivity index (χ0) is 8.55. The molecule has 0 aliphatic carbocycles. The maximum Gasteiger partial charge on any atom is 0.185 e. The number of aliphatic imine (C=N–C) groups is 1. The van der Waals surface area contributed by atoms with Gasteiger partial charge in [0.2, 0.25) is 0 Å². The molecule has 0 unspecified atom stereocenters. The van der Waals surface area contributed by atoms with E-state index in [1.807, 2.05) is 6.07 Å². The van der Waals surface area contributed by atoms with Gasteiger partial charge in [0.25, 0.3) is 0 Å². The van der Waals surface area contributed by atoms with Crippen LogP contribution in [0, 0.1) is 5.82 Å². The first-order chi connectivity index (χ1) is 5.77. The van der Waals surface area contributed by atoms with Crippen LogP contribution in [0.3, 0.4) is 0 Å². The number of fused-ring (bicyclic) bond motifs is 1. The van der Waals surface area contributed by atoms with Crippen LogP contribution in [0.1, 0.15) is 12.5 Å². The molecule has 0 fully saturated rings. The summed E-state index contributed by atoms with van der Waals surface area (Å²) in [5, 5.41) is 0. The van der Waals surface area contributed by atoms with Crippen LogP contribution in [0.2, 0.25) is 0 Å². The van der Waals surface area contributed by atoms with Gasteiger partial charge in [0, 0.05) is 12.5 Å². The molecule has 0 amide bonds. The lowest BCUT2D eigenvalue weighted by Crippen LogP contribution is -2.06. The third-order valence-electron chi connectivity index (χ3n) is 1.78. The molecule has 62 valence electrons. The number of nitrogens with zero attached hydrogens (tertiary/aromatic N) is 1. The van der Waals surface area contributed by atoms with Crippen LogP contribution in [0.15, 0.2) is 23.2 Å². The molecule has 0 saturated carbocycles. The van der Waals surface area contributed by atoms with E-state index in [9.17, 15) is 4.39 Å². The minimum Gasteiger partial charge on any atom is -0.476 e. The van der Waals surface area contributed by atoms with Crippen LogP contribution in [0.5, 0.6) is 0 Å². The lowest BCUT2D eigenvalue weighted by Gasteiger charge is -2.14. The van der Waals surface area contributed by atoms with Crippen molar-refractivity contribution in [3.63, 3.8) is 0 Å². The summed E-state index contributed by atoms with van der Waals surface area (Å²) >= 11 is 0. The first-order valence-corrected chi connectivity index (χ1v) is 3.73. The van der Waals surface area contributed by atoms with Crippen molar-refractivity contribution in [1.82, 2.24) is 0 Å². The molecule has 0 atom stereocenters. The van der Waals surface area contributed by atoms with Gasteiger partial charge < -0.3 is 4.74 Å². The van der Waals surface area contributed by atoms with Gasteiger partial charge in [-0.15, -0.1) is 0 Å². The molecule has 0 spiro atoms. The Kier molecular flexibility index (Phi) is 1.57. The van der Waals surface area contributed by atoms with Crippen LogP contribution in [-0.4, -0.2) is 5.90 Å². The van der Waals surface area contributed by atoms with Gasteiger partial charge in [0.1, 0.15) is 18.1 Å². The van der Waals surface area contributed by atoms with Crippen molar-refractivity contribution in [2.45, 2.75) is 13.5 Å². The minimum atomic E-state index is -0.282. The summed E-state index contributed by atoms with van der Waals surface area (Å²) in [6, 6.07) is 4.88. The van der Waals surface area contributed by atoms with E-state index < -0.39 is 0 Å². The molecule has 2 rings (SSSR count). The highest BCUT2D eigenvalue weighted by molar-refractivity contribution is 5.79. The average Bonchev–Trinajstić information content (AvgIpc) is 2.07. The molecule has 2 nitrogen and oxygen atoms in total. The zero-order valence-corrected chi connectivity index (χ0v) is 6.67. The SMILES string of the molecule is CC1=Nc2c(F)cccc2CO1. The molecule has 1 aromatic rings. The van der Waals surface area contributed by atoms with E-state index in [1.165, 1.54) is 6.07 Å². The van der Waals surface area contributed by atoms with Crippen LogP contribution >= 0.6 is 0 Å². The van der Waals surface area contributed by atoms with Crippen molar-refractivity contribution >= 4 is 11.6 Å². The number of para-hydroxylation sites is 1. The van der Waals surface area contributed by atoms with Gasteiger partial charge in [0.15, 0.2) is 5.90 Å². The van der Waals surface area contributed by atoms with Crippen molar-refractivity contribution in [2.75, 3.05) is 0 Å². The fourth-order valence-corrected chi connectivity index (χ4v) is 1.17. The van der Waals surface area contributed by atoms with Crippen LogP contribution in [0.4, 0.5) is 10.1 Å². The predicted molar refractivity (Wildman–Crippen MR) is 44.0 cm³/mol. The topological polar surface area (TPSA) is 21.6 Å². The maximum absolute atomic E-state index is 13.1. The number of halogens is 1. The van der Waals surface area contributed by atoms with Crippen molar-refractivity contribution in [2.24, 2.45) is 4.99 Å². The summed E-state index contributed by atoms with van der Waals surface area (Å²) in [6.45, 7) is 2.14. The first-order valence-electron chi connectivity index (χ1n) is 3.73. The molecule has 3 heteroatoms. The standard InChI is InChI=1S/C9H8FNO/c1-6-11-9-7(5-12-6)3-2-4-8(9)10/h2-4H,5H2,1H3. The highest BCUT2D eigenvalue weighted by Gasteiger charge is 2.12. The van der Waals surface area contributed by atoms with Crippen molar-refractivity contribution in [3.8, 4) is 0 Å². The molecular weight excluding hydrogens is 157 g/mol. The molecule has 1 aromatic carbocycles. The zero-order valence-electron chi connectivity index (χ0n) is 6.67. The second kappa shape index (κ2) is 2.59. The lowest BCUT2D eigenvalue weighted by atomic mass is 10.1. The van der Waals surface area contributed by atoms with E-state index in [0.717, 1.165) is 5.56 Å². The summed E-state index contributed by atoms with van der Waals surface area (Å²) in [4.78, 5) is 3.96. The first kappa shape index (κ1) is 7.28. The highest BCUT2D eigenvalue weighted by Crippen LogP contribution is 2.27. The molecular formula is C9H8FNO. The summed E-state index contributed by atoms with van der Waals surface area (Å²) in [7, 11) is 0. The smallest absolute Gasteiger partial charge is 0.185 e. The Bertz CT molecular complexity index is 346. The van der Waals surface area contributed by atoms with E-state index in [0.29, 0.717) is 18.2 Å². The molecule has 0 bridgehead atoms. The molecule has 1 aliphatic heterocycles. The third kappa shape index (κ3) is 1.07. The van der Waals surface area contributed by atoms with Crippen LogP contribution < -0.4 is 0 Å². The van der Waals surface area contributed by atoms with Crippen molar-refractivity contribution < 1.29 is 9.13 Å².